The van der Waals surface area contributed by atoms with E-state index >= 15 is 9.13 Å². The Morgan fingerprint density at radius 1 is 0.327 bits per heavy atom. The van der Waals surface area contributed by atoms with Crippen molar-refractivity contribution in [3.05, 3.63) is 176 Å². The van der Waals surface area contributed by atoms with Gasteiger partial charge in [0.25, 0.3) is 0 Å². The van der Waals surface area contributed by atoms with E-state index in [4.69, 9.17) is 0 Å². The predicted molar refractivity (Wildman–Crippen MR) is 244 cm³/mol. The van der Waals surface area contributed by atoms with E-state index in [-0.39, 0.29) is 0 Å². The molecular formula is C50H57O2P3. The first kappa shape index (κ1) is 40.9. The molecule has 5 heteroatoms. The van der Waals surface area contributed by atoms with Crippen LogP contribution in [-0.2, 0) is 9.13 Å². The van der Waals surface area contributed by atoms with E-state index in [2.05, 4.69) is 192 Å². The van der Waals surface area contributed by atoms with Gasteiger partial charge >= 0.3 is 0 Å². The number of hydrogen-bond donors (Lipinski definition) is 0. The Labute approximate surface area is 332 Å². The van der Waals surface area contributed by atoms with Gasteiger partial charge in [0.1, 0.15) is 0 Å². The molecule has 0 aliphatic rings. The Morgan fingerprint density at radius 2 is 0.509 bits per heavy atom. The summed E-state index contributed by atoms with van der Waals surface area (Å²) in [6.45, 7) is 25.3. The molecule has 0 aliphatic heterocycles. The molecule has 284 valence electrons. The molecule has 0 amide bonds. The Kier molecular flexibility index (Phi) is 11.9. The predicted octanol–water partition coefficient (Wildman–Crippen LogP) is 11.2. The van der Waals surface area contributed by atoms with E-state index in [1.807, 2.05) is 0 Å². The van der Waals surface area contributed by atoms with E-state index in [0.29, 0.717) is 6.16 Å². The second-order valence-corrected chi connectivity index (χ2v) is 25.1. The lowest BCUT2D eigenvalue weighted by Crippen LogP contribution is -2.37. The summed E-state index contributed by atoms with van der Waals surface area (Å²) in [6, 6.07) is 39.2. The third-order valence-corrected chi connectivity index (χ3v) is 21.7. The quantitative estimate of drug-likeness (QED) is 0.130. The fourth-order valence-electron chi connectivity index (χ4n) is 8.75. The summed E-state index contributed by atoms with van der Waals surface area (Å²) in [7, 11) is -8.64. The Morgan fingerprint density at radius 3 is 0.709 bits per heavy atom. The van der Waals surface area contributed by atoms with Crippen LogP contribution in [0.5, 0.6) is 0 Å². The van der Waals surface area contributed by atoms with Crippen LogP contribution < -0.4 is 31.8 Å². The molecule has 0 saturated heterocycles. The first-order valence-electron chi connectivity index (χ1n) is 19.3. The molecular weight excluding hydrogens is 725 g/mol. The van der Waals surface area contributed by atoms with Crippen LogP contribution in [0.1, 0.15) is 66.8 Å². The Balaban J connectivity index is 1.84. The van der Waals surface area contributed by atoms with Crippen molar-refractivity contribution in [3.8, 4) is 0 Å². The average molecular weight is 783 g/mol. The topological polar surface area (TPSA) is 34.1 Å². The van der Waals surface area contributed by atoms with Gasteiger partial charge in [-0.05, 0) is 156 Å². The molecule has 0 fully saturated rings. The minimum Gasteiger partial charge on any atom is -0.313 e. The molecule has 0 bridgehead atoms. The van der Waals surface area contributed by atoms with Gasteiger partial charge in [-0.2, -0.15) is 0 Å². The molecule has 0 spiro atoms. The highest BCUT2D eigenvalue weighted by molar-refractivity contribution is 7.96. The van der Waals surface area contributed by atoms with Crippen molar-refractivity contribution in [1.29, 1.82) is 0 Å². The highest BCUT2D eigenvalue weighted by Crippen LogP contribution is 2.68. The van der Waals surface area contributed by atoms with Gasteiger partial charge in [0.2, 0.25) is 0 Å². The summed E-state index contributed by atoms with van der Waals surface area (Å²) < 4.78 is 35.1. The van der Waals surface area contributed by atoms with Crippen LogP contribution in [0.4, 0.5) is 0 Å². The van der Waals surface area contributed by atoms with E-state index in [1.54, 1.807) is 0 Å². The van der Waals surface area contributed by atoms with Crippen molar-refractivity contribution < 1.29 is 9.13 Å². The van der Waals surface area contributed by atoms with Crippen LogP contribution in [0.25, 0.3) is 0 Å². The highest BCUT2D eigenvalue weighted by Gasteiger charge is 2.51. The number of benzene rings is 6. The molecule has 0 heterocycles. The summed E-state index contributed by atoms with van der Waals surface area (Å²) in [5, 5.41) is 4.83. The van der Waals surface area contributed by atoms with Crippen LogP contribution in [0.15, 0.2) is 109 Å². The van der Waals surface area contributed by atoms with Gasteiger partial charge in [0, 0.05) is 21.2 Å². The van der Waals surface area contributed by atoms with Crippen LogP contribution >= 0.6 is 22.2 Å². The second-order valence-electron chi connectivity index (χ2n) is 16.5. The van der Waals surface area contributed by atoms with Gasteiger partial charge in [0.15, 0.2) is 14.3 Å². The second kappa shape index (κ2) is 16.0. The molecule has 6 aromatic carbocycles. The molecule has 0 aliphatic carbocycles. The van der Waals surface area contributed by atoms with Crippen LogP contribution in [0.3, 0.4) is 0 Å². The van der Waals surface area contributed by atoms with E-state index < -0.39 is 27.6 Å². The van der Waals surface area contributed by atoms with Gasteiger partial charge in [-0.1, -0.05) is 127 Å². The number of hydrogen-bond acceptors (Lipinski definition) is 2. The minimum absolute atomic E-state index is 0.482. The smallest absolute Gasteiger partial charge is 0.154 e. The van der Waals surface area contributed by atoms with Crippen LogP contribution in [-0.4, -0.2) is 11.6 Å². The summed E-state index contributed by atoms with van der Waals surface area (Å²) >= 11 is 0. The molecule has 0 aromatic heterocycles. The first-order valence-corrected chi connectivity index (χ1v) is 24.4. The average Bonchev–Trinajstić information content (AvgIpc) is 3.05. The highest BCUT2D eigenvalue weighted by atomic mass is 31.2. The van der Waals surface area contributed by atoms with Crippen LogP contribution in [0.2, 0.25) is 0 Å². The molecule has 55 heavy (non-hydrogen) atoms. The van der Waals surface area contributed by atoms with Gasteiger partial charge < -0.3 is 9.13 Å². The third-order valence-electron chi connectivity index (χ3n) is 10.6. The van der Waals surface area contributed by atoms with Crippen molar-refractivity contribution in [2.75, 3.05) is 6.16 Å². The van der Waals surface area contributed by atoms with Gasteiger partial charge in [-0.25, -0.2) is 0 Å². The van der Waals surface area contributed by atoms with Crippen LogP contribution in [0, 0.1) is 83.1 Å². The fraction of sp³-hybridized carbons (Fsp3) is 0.280. The van der Waals surface area contributed by atoms with E-state index in [0.717, 1.165) is 65.7 Å². The summed E-state index contributed by atoms with van der Waals surface area (Å²) in [4.78, 5) is 0. The maximum Gasteiger partial charge on any atom is 0.154 e. The lowest BCUT2D eigenvalue weighted by atomic mass is 10.2. The van der Waals surface area contributed by atoms with Crippen molar-refractivity contribution in [2.24, 2.45) is 0 Å². The minimum atomic E-state index is -3.74. The molecule has 2 nitrogen and oxygen atoms in total. The van der Waals surface area contributed by atoms with E-state index in [9.17, 15) is 0 Å². The van der Waals surface area contributed by atoms with Crippen molar-refractivity contribution in [2.45, 2.75) is 88.5 Å². The van der Waals surface area contributed by atoms with Gasteiger partial charge in [-0.15, -0.1) is 0 Å². The Bertz CT molecular complexity index is 2120. The number of aryl methyl sites for hydroxylation is 12. The summed E-state index contributed by atoms with van der Waals surface area (Å²) in [5.41, 5.74) is 13.2. The molecule has 0 radical (unpaired) electrons. The van der Waals surface area contributed by atoms with Gasteiger partial charge in [0.05, 0.1) is 5.40 Å². The fourth-order valence-corrected chi connectivity index (χ4v) is 22.6. The van der Waals surface area contributed by atoms with Crippen molar-refractivity contribution in [1.82, 2.24) is 0 Å². The lowest BCUT2D eigenvalue weighted by molar-refractivity contribution is 0.575. The number of rotatable bonds is 10. The molecule has 0 saturated carbocycles. The summed E-state index contributed by atoms with van der Waals surface area (Å²) in [6.07, 6.45) is 0.482. The zero-order chi connectivity index (χ0) is 40.0. The maximum atomic E-state index is 17.6. The third kappa shape index (κ3) is 8.64. The molecule has 6 aromatic rings. The normalized spacial score (nSPS) is 12.2. The zero-order valence-electron chi connectivity index (χ0n) is 34.8. The molecule has 0 N–H and O–H groups in total. The van der Waals surface area contributed by atoms with Crippen molar-refractivity contribution >= 4 is 54.0 Å². The standard InChI is InChI=1S/C50H57O2P3/c1-32-13-33(2)20-44(19-32)53(45-21-34(3)14-35(4)22-45)31-50(54(51,46-23-36(5)15-37(6)24-46)47-25-38(7)16-39(8)26-47)55(52,48-27-40(9)17-41(10)28-48)49-29-42(11)18-43(12)30-49/h13-30,50H,31H2,1-12H3. The monoisotopic (exact) mass is 782 g/mol. The molecule has 6 rings (SSSR count). The maximum absolute atomic E-state index is 17.6. The lowest BCUT2D eigenvalue weighted by Gasteiger charge is -2.39. The summed E-state index contributed by atoms with van der Waals surface area (Å²) in [5.74, 6) is 0. The largest absolute Gasteiger partial charge is 0.313 e. The molecule has 0 unspecified atom stereocenters. The first-order chi connectivity index (χ1) is 25.8. The van der Waals surface area contributed by atoms with E-state index in [1.165, 1.54) is 32.9 Å². The Hall–Kier alpha value is -3.79. The molecule has 0 atom stereocenters. The zero-order valence-corrected chi connectivity index (χ0v) is 37.5. The van der Waals surface area contributed by atoms with Gasteiger partial charge in [-0.3, -0.25) is 0 Å². The van der Waals surface area contributed by atoms with Crippen molar-refractivity contribution in [3.63, 3.8) is 0 Å². The SMILES string of the molecule is Cc1cc(C)cc(P(CC(P(=O)(c2cc(C)cc(C)c2)c2cc(C)cc(C)c2)P(=O)(c2cc(C)cc(C)c2)c2cc(C)cc(C)c2)c2cc(C)cc(C)c2)c1.